The number of hydrogen-bond acceptors (Lipinski definition) is 3. The summed E-state index contributed by atoms with van der Waals surface area (Å²) >= 11 is 6.23. The highest BCUT2D eigenvalue weighted by atomic mass is 35.5. The van der Waals surface area contributed by atoms with Gasteiger partial charge >= 0.3 is 0 Å². The number of benzene rings is 1. The predicted molar refractivity (Wildman–Crippen MR) is 97.7 cm³/mol. The Kier molecular flexibility index (Phi) is 5.45. The Morgan fingerprint density at radius 2 is 1.96 bits per heavy atom. The number of aromatic nitrogens is 2. The molecule has 0 unspecified atom stereocenters. The molecule has 0 bridgehead atoms. The van der Waals surface area contributed by atoms with Crippen molar-refractivity contribution in [2.75, 3.05) is 13.1 Å². The minimum atomic E-state index is -0.375. The molecule has 134 valence electrons. The van der Waals surface area contributed by atoms with Gasteiger partial charge in [0.05, 0.1) is 16.8 Å². The Morgan fingerprint density at radius 1 is 1.32 bits per heavy atom. The van der Waals surface area contributed by atoms with Crippen LogP contribution >= 0.6 is 11.6 Å². The fourth-order valence-electron chi connectivity index (χ4n) is 3.38. The number of halogens is 1. The molecule has 1 saturated heterocycles. The van der Waals surface area contributed by atoms with E-state index in [4.69, 9.17) is 11.6 Å². The monoisotopic (exact) mass is 361 g/mol. The van der Waals surface area contributed by atoms with Crippen LogP contribution in [-0.2, 0) is 13.5 Å². The lowest BCUT2D eigenvalue weighted by atomic mass is 9.88. The summed E-state index contributed by atoms with van der Waals surface area (Å²) in [5, 5.41) is 15.2. The third kappa shape index (κ3) is 3.88. The van der Waals surface area contributed by atoms with Crippen molar-refractivity contribution in [2.45, 2.75) is 32.3 Å². The van der Waals surface area contributed by atoms with E-state index in [1.165, 1.54) is 0 Å². The molecule has 6 heteroatoms. The Bertz CT molecular complexity index is 737. The van der Waals surface area contributed by atoms with Gasteiger partial charge in [-0.05, 0) is 37.7 Å². The first-order chi connectivity index (χ1) is 12.0. The van der Waals surface area contributed by atoms with Gasteiger partial charge in [0.25, 0.3) is 5.91 Å². The standard InChI is InChI=1S/C19H24ClN3O2/c1-13-17(20)18(21-22(13)2)19(25)23-10-8-15(9-11-23)16(24)12-14-6-4-3-5-7-14/h3-7,15-16,24H,8-12H2,1-2H3/t16-/m1/s1. The molecule has 3 rings (SSSR count). The molecular weight excluding hydrogens is 338 g/mol. The number of piperidine rings is 1. The van der Waals surface area contributed by atoms with E-state index in [-0.39, 0.29) is 17.9 Å². The highest BCUT2D eigenvalue weighted by molar-refractivity contribution is 6.34. The van der Waals surface area contributed by atoms with E-state index in [1.807, 2.05) is 37.3 Å². The van der Waals surface area contributed by atoms with Crippen LogP contribution in [0.15, 0.2) is 30.3 Å². The third-order valence-electron chi connectivity index (χ3n) is 5.12. The quantitative estimate of drug-likeness (QED) is 0.911. The molecule has 1 fully saturated rings. The van der Waals surface area contributed by atoms with Crippen LogP contribution in [0.4, 0.5) is 0 Å². The van der Waals surface area contributed by atoms with Crippen molar-refractivity contribution >= 4 is 17.5 Å². The molecule has 1 aliphatic rings. The SMILES string of the molecule is Cc1c(Cl)c(C(=O)N2CCC([C@H](O)Cc3ccccc3)CC2)nn1C. The number of carbonyl (C=O) groups excluding carboxylic acids is 1. The molecule has 1 aliphatic heterocycles. The van der Waals surface area contributed by atoms with Gasteiger partial charge in [0, 0.05) is 20.1 Å². The van der Waals surface area contributed by atoms with Crippen LogP contribution < -0.4 is 0 Å². The fourth-order valence-corrected chi connectivity index (χ4v) is 3.62. The lowest BCUT2D eigenvalue weighted by Crippen LogP contribution is -2.42. The summed E-state index contributed by atoms with van der Waals surface area (Å²) in [7, 11) is 1.78. The molecule has 1 N–H and O–H groups in total. The summed E-state index contributed by atoms with van der Waals surface area (Å²) < 4.78 is 1.63. The number of likely N-dealkylation sites (tertiary alicyclic amines) is 1. The average Bonchev–Trinajstić information content (AvgIpc) is 2.89. The molecular formula is C19H24ClN3O2. The van der Waals surface area contributed by atoms with Crippen LogP contribution in [0, 0.1) is 12.8 Å². The summed E-state index contributed by atoms with van der Waals surface area (Å²) in [6.45, 7) is 3.10. The van der Waals surface area contributed by atoms with Crippen LogP contribution in [-0.4, -0.2) is 44.9 Å². The summed E-state index contributed by atoms with van der Waals surface area (Å²) in [6, 6.07) is 10.0. The Labute approximate surface area is 153 Å². The topological polar surface area (TPSA) is 58.4 Å². The molecule has 0 aliphatic carbocycles. The summed E-state index contributed by atoms with van der Waals surface area (Å²) in [4.78, 5) is 14.4. The maximum Gasteiger partial charge on any atom is 0.275 e. The predicted octanol–water partition coefficient (Wildman–Crippen LogP) is 2.84. The number of rotatable bonds is 4. The molecule has 0 spiro atoms. The second-order valence-electron chi connectivity index (χ2n) is 6.76. The van der Waals surface area contributed by atoms with Gasteiger partial charge in [-0.2, -0.15) is 5.10 Å². The number of amides is 1. The Balaban J connectivity index is 1.58. The molecule has 5 nitrogen and oxygen atoms in total. The third-order valence-corrected chi connectivity index (χ3v) is 5.57. The van der Waals surface area contributed by atoms with Crippen molar-refractivity contribution in [2.24, 2.45) is 13.0 Å². The number of carbonyl (C=O) groups is 1. The van der Waals surface area contributed by atoms with Gasteiger partial charge < -0.3 is 10.0 Å². The van der Waals surface area contributed by atoms with Gasteiger partial charge in [-0.15, -0.1) is 0 Å². The van der Waals surface area contributed by atoms with Gasteiger partial charge in [-0.3, -0.25) is 9.48 Å². The van der Waals surface area contributed by atoms with Crippen molar-refractivity contribution in [3.63, 3.8) is 0 Å². The van der Waals surface area contributed by atoms with Crippen LogP contribution in [0.3, 0.4) is 0 Å². The van der Waals surface area contributed by atoms with Gasteiger partial charge in [-0.25, -0.2) is 0 Å². The van der Waals surface area contributed by atoms with Crippen molar-refractivity contribution in [1.29, 1.82) is 0 Å². The molecule has 2 heterocycles. The Hall–Kier alpha value is -1.85. The first kappa shape index (κ1) is 18.0. The summed E-state index contributed by atoms with van der Waals surface area (Å²) in [5.41, 5.74) is 2.26. The minimum Gasteiger partial charge on any atom is -0.392 e. The van der Waals surface area contributed by atoms with E-state index >= 15 is 0 Å². The van der Waals surface area contributed by atoms with E-state index in [0.717, 1.165) is 24.1 Å². The lowest BCUT2D eigenvalue weighted by molar-refractivity contribution is 0.0463. The zero-order chi connectivity index (χ0) is 18.0. The number of aliphatic hydroxyl groups excluding tert-OH is 1. The average molecular weight is 362 g/mol. The molecule has 1 aromatic carbocycles. The van der Waals surface area contributed by atoms with E-state index in [0.29, 0.717) is 30.2 Å². The van der Waals surface area contributed by atoms with E-state index < -0.39 is 0 Å². The maximum absolute atomic E-state index is 12.7. The molecule has 1 amide bonds. The highest BCUT2D eigenvalue weighted by Gasteiger charge is 2.30. The van der Waals surface area contributed by atoms with Crippen molar-refractivity contribution in [3.8, 4) is 0 Å². The van der Waals surface area contributed by atoms with E-state index in [9.17, 15) is 9.90 Å². The summed E-state index contributed by atoms with van der Waals surface area (Å²) in [6.07, 6.45) is 1.87. The normalized spacial score (nSPS) is 16.9. The van der Waals surface area contributed by atoms with Crippen molar-refractivity contribution < 1.29 is 9.90 Å². The second kappa shape index (κ2) is 7.58. The van der Waals surface area contributed by atoms with Gasteiger partial charge in [0.15, 0.2) is 5.69 Å². The molecule has 0 radical (unpaired) electrons. The zero-order valence-electron chi connectivity index (χ0n) is 14.7. The number of nitrogens with zero attached hydrogens (tertiary/aromatic N) is 3. The van der Waals surface area contributed by atoms with Gasteiger partial charge in [0.1, 0.15) is 0 Å². The van der Waals surface area contributed by atoms with Gasteiger partial charge in [-0.1, -0.05) is 41.9 Å². The molecule has 0 saturated carbocycles. The first-order valence-electron chi connectivity index (χ1n) is 8.67. The van der Waals surface area contributed by atoms with Crippen molar-refractivity contribution in [3.05, 3.63) is 52.3 Å². The maximum atomic E-state index is 12.7. The van der Waals surface area contributed by atoms with Crippen LogP contribution in [0.25, 0.3) is 0 Å². The van der Waals surface area contributed by atoms with Crippen molar-refractivity contribution in [1.82, 2.24) is 14.7 Å². The molecule has 1 atom stereocenters. The van der Waals surface area contributed by atoms with E-state index in [2.05, 4.69) is 5.10 Å². The van der Waals surface area contributed by atoms with E-state index in [1.54, 1.807) is 16.6 Å². The largest absolute Gasteiger partial charge is 0.392 e. The fraction of sp³-hybridized carbons (Fsp3) is 0.474. The Morgan fingerprint density at radius 3 is 2.52 bits per heavy atom. The van der Waals surface area contributed by atoms with Crippen LogP contribution in [0.2, 0.25) is 5.02 Å². The van der Waals surface area contributed by atoms with Gasteiger partial charge in [0.2, 0.25) is 0 Å². The highest BCUT2D eigenvalue weighted by Crippen LogP contribution is 2.26. The molecule has 1 aromatic heterocycles. The lowest BCUT2D eigenvalue weighted by Gasteiger charge is -2.34. The second-order valence-corrected chi connectivity index (χ2v) is 7.14. The van der Waals surface area contributed by atoms with Crippen LogP contribution in [0.5, 0.6) is 0 Å². The number of hydrogen-bond donors (Lipinski definition) is 1. The molecule has 2 aromatic rings. The van der Waals surface area contributed by atoms with Crippen LogP contribution in [0.1, 0.15) is 34.6 Å². The number of aryl methyl sites for hydroxylation is 1. The zero-order valence-corrected chi connectivity index (χ0v) is 15.4. The smallest absolute Gasteiger partial charge is 0.275 e. The minimum absolute atomic E-state index is 0.121. The first-order valence-corrected chi connectivity index (χ1v) is 9.05. The molecule has 25 heavy (non-hydrogen) atoms. The number of aliphatic hydroxyl groups is 1. The summed E-state index contributed by atoms with van der Waals surface area (Å²) in [5.74, 6) is 0.0925.